The molecular formula is C33H26F3N3O5S. The largest absolute Gasteiger partial charge is 0.496 e. The Morgan fingerprint density at radius 2 is 1.60 bits per heavy atom. The van der Waals surface area contributed by atoms with Gasteiger partial charge in [0.25, 0.3) is 5.91 Å². The number of ether oxygens (including phenoxy) is 1. The van der Waals surface area contributed by atoms with Crippen LogP contribution >= 0.6 is 0 Å². The molecule has 0 fully saturated rings. The number of halogens is 3. The van der Waals surface area contributed by atoms with E-state index in [-0.39, 0.29) is 33.5 Å². The van der Waals surface area contributed by atoms with Crippen molar-refractivity contribution in [3.8, 4) is 39.5 Å². The molecule has 6 aromatic rings. The smallest absolute Gasteiger partial charge is 0.255 e. The average Bonchev–Trinajstić information content (AvgIpc) is 3.61. The summed E-state index contributed by atoms with van der Waals surface area (Å²) >= 11 is 0. The molecule has 0 spiro atoms. The monoisotopic (exact) mass is 633 g/mol. The van der Waals surface area contributed by atoms with Crippen LogP contribution in [-0.2, 0) is 10.0 Å². The summed E-state index contributed by atoms with van der Waals surface area (Å²) in [7, 11) is 0.549. The molecule has 0 radical (unpaired) electrons. The van der Waals surface area contributed by atoms with Crippen molar-refractivity contribution in [3.05, 3.63) is 95.8 Å². The molecule has 1 amide bonds. The average molecular weight is 634 g/mol. The van der Waals surface area contributed by atoms with Crippen LogP contribution in [0.15, 0.2) is 77.2 Å². The predicted octanol–water partition coefficient (Wildman–Crippen LogP) is 7.10. The Balaban J connectivity index is 1.64. The first-order chi connectivity index (χ1) is 21.4. The quantitative estimate of drug-likeness (QED) is 0.195. The standard InChI is InChI=1S/C33H26F3N3O5S/c1-37-33(40)31-24-14-21(28(39(2)45(4,41)42)16-30(24)44-32(31)17-5-8-19(34)9-6-17)18-7-10-29(43-3)23(11-18)27-15-22-25(36)12-20(35)13-26(22)38-27/h5-16,38H,1-4H3,(H,37,40). The molecule has 12 heteroatoms. The van der Waals surface area contributed by atoms with Crippen LogP contribution < -0.4 is 14.4 Å². The number of sulfonamides is 1. The number of methoxy groups -OCH3 is 1. The summed E-state index contributed by atoms with van der Waals surface area (Å²) in [5.74, 6) is -1.80. The second-order valence-electron chi connectivity index (χ2n) is 10.4. The van der Waals surface area contributed by atoms with Crippen LogP contribution in [0.4, 0.5) is 18.9 Å². The summed E-state index contributed by atoms with van der Waals surface area (Å²) in [6, 6.07) is 17.2. The number of hydrogen-bond donors (Lipinski definition) is 2. The van der Waals surface area contributed by atoms with Crippen LogP contribution in [0.5, 0.6) is 5.75 Å². The Morgan fingerprint density at radius 3 is 2.27 bits per heavy atom. The van der Waals surface area contributed by atoms with Gasteiger partial charge in [0.05, 0.1) is 35.8 Å². The van der Waals surface area contributed by atoms with Crippen LogP contribution in [0.25, 0.3) is 55.6 Å². The molecule has 6 rings (SSSR count). The van der Waals surface area contributed by atoms with Gasteiger partial charge >= 0.3 is 0 Å². The van der Waals surface area contributed by atoms with E-state index in [4.69, 9.17) is 9.15 Å². The van der Waals surface area contributed by atoms with Crippen molar-refractivity contribution in [2.75, 3.05) is 31.8 Å². The van der Waals surface area contributed by atoms with Crippen molar-refractivity contribution < 1.29 is 35.5 Å². The van der Waals surface area contributed by atoms with Gasteiger partial charge in [-0.2, -0.15) is 0 Å². The number of hydrogen-bond acceptors (Lipinski definition) is 5. The van der Waals surface area contributed by atoms with Gasteiger partial charge in [-0.1, -0.05) is 6.07 Å². The summed E-state index contributed by atoms with van der Waals surface area (Å²) in [4.78, 5) is 16.2. The van der Waals surface area contributed by atoms with Gasteiger partial charge in [-0.3, -0.25) is 9.10 Å². The molecule has 0 atom stereocenters. The molecule has 230 valence electrons. The molecule has 0 aliphatic rings. The Bertz CT molecular complexity index is 2240. The van der Waals surface area contributed by atoms with Crippen LogP contribution in [0.1, 0.15) is 10.4 Å². The topological polar surface area (TPSA) is 105 Å². The van der Waals surface area contributed by atoms with Crippen molar-refractivity contribution in [3.63, 3.8) is 0 Å². The third-order valence-corrected chi connectivity index (χ3v) is 8.85. The Kier molecular flexibility index (Phi) is 7.32. The van der Waals surface area contributed by atoms with Gasteiger partial charge in [-0.05, 0) is 60.2 Å². The molecule has 0 saturated heterocycles. The van der Waals surface area contributed by atoms with E-state index in [1.807, 2.05) is 0 Å². The van der Waals surface area contributed by atoms with Gasteiger partial charge in [-0.15, -0.1) is 0 Å². The Morgan fingerprint density at radius 1 is 0.889 bits per heavy atom. The predicted molar refractivity (Wildman–Crippen MR) is 167 cm³/mol. The maximum absolute atomic E-state index is 14.6. The summed E-state index contributed by atoms with van der Waals surface area (Å²) in [6.07, 6.45) is 1.06. The minimum Gasteiger partial charge on any atom is -0.496 e. The zero-order valence-corrected chi connectivity index (χ0v) is 25.3. The second-order valence-corrected chi connectivity index (χ2v) is 12.4. The van der Waals surface area contributed by atoms with Crippen molar-refractivity contribution in [2.45, 2.75) is 0 Å². The van der Waals surface area contributed by atoms with Crippen molar-refractivity contribution in [1.82, 2.24) is 10.3 Å². The molecule has 0 aliphatic heterocycles. The lowest BCUT2D eigenvalue weighted by Gasteiger charge is -2.21. The van der Waals surface area contributed by atoms with E-state index in [1.54, 1.807) is 24.3 Å². The number of amides is 1. The molecule has 45 heavy (non-hydrogen) atoms. The molecule has 0 bridgehead atoms. The molecule has 8 nitrogen and oxygen atoms in total. The summed E-state index contributed by atoms with van der Waals surface area (Å²) < 4.78 is 80.6. The van der Waals surface area contributed by atoms with Crippen LogP contribution in [0.2, 0.25) is 0 Å². The number of aromatic amines is 1. The number of rotatable bonds is 7. The third kappa shape index (κ3) is 5.27. The molecule has 2 aromatic heterocycles. The van der Waals surface area contributed by atoms with E-state index in [0.29, 0.717) is 39.1 Å². The number of carbonyl (C=O) groups excluding carboxylic acids is 1. The molecular weight excluding hydrogens is 607 g/mol. The first-order valence-corrected chi connectivity index (χ1v) is 15.4. The minimum absolute atomic E-state index is 0.177. The van der Waals surface area contributed by atoms with Gasteiger partial charge < -0.3 is 19.5 Å². The SMILES string of the molecule is CNC(=O)c1c(-c2ccc(F)cc2)oc2cc(N(C)S(C)(=O)=O)c(-c3ccc(OC)c(-c4cc5c(F)cc(F)cc5[nH]4)c3)cc12. The van der Waals surface area contributed by atoms with Gasteiger partial charge in [0.2, 0.25) is 10.0 Å². The van der Waals surface area contributed by atoms with Crippen molar-refractivity contribution >= 4 is 43.5 Å². The zero-order valence-electron chi connectivity index (χ0n) is 24.5. The first-order valence-electron chi connectivity index (χ1n) is 13.6. The number of benzene rings is 4. The molecule has 2 N–H and O–H groups in total. The normalized spacial score (nSPS) is 11.7. The number of furan rings is 1. The van der Waals surface area contributed by atoms with E-state index in [2.05, 4.69) is 10.3 Å². The molecule has 0 aliphatic carbocycles. The summed E-state index contributed by atoms with van der Waals surface area (Å²) in [5, 5.41) is 3.18. The number of fused-ring (bicyclic) bond motifs is 2. The number of nitrogens with zero attached hydrogens (tertiary/aromatic N) is 1. The van der Waals surface area contributed by atoms with E-state index in [0.717, 1.165) is 16.6 Å². The fraction of sp³-hybridized carbons (Fsp3) is 0.121. The van der Waals surface area contributed by atoms with Crippen LogP contribution in [0.3, 0.4) is 0 Å². The highest BCUT2D eigenvalue weighted by atomic mass is 32.2. The molecule has 0 saturated carbocycles. The summed E-state index contributed by atoms with van der Waals surface area (Å²) in [6.45, 7) is 0. The zero-order chi connectivity index (χ0) is 32.2. The van der Waals surface area contributed by atoms with E-state index in [1.165, 1.54) is 63.7 Å². The van der Waals surface area contributed by atoms with E-state index >= 15 is 0 Å². The first kappa shape index (κ1) is 29.8. The second kappa shape index (κ2) is 11.0. The summed E-state index contributed by atoms with van der Waals surface area (Å²) in [5.41, 5.74) is 3.20. The highest BCUT2D eigenvalue weighted by Gasteiger charge is 2.26. The number of nitrogens with one attached hydrogen (secondary N) is 2. The fourth-order valence-electron chi connectivity index (χ4n) is 5.35. The van der Waals surface area contributed by atoms with Crippen molar-refractivity contribution in [1.29, 1.82) is 0 Å². The van der Waals surface area contributed by atoms with Gasteiger partial charge in [-0.25, -0.2) is 21.6 Å². The number of carbonyl (C=O) groups is 1. The lowest BCUT2D eigenvalue weighted by Crippen LogP contribution is -2.25. The number of anilines is 1. The van der Waals surface area contributed by atoms with Gasteiger partial charge in [0, 0.05) is 53.7 Å². The number of H-pyrrole nitrogens is 1. The van der Waals surface area contributed by atoms with Crippen LogP contribution in [0, 0.1) is 17.5 Å². The minimum atomic E-state index is -3.77. The maximum Gasteiger partial charge on any atom is 0.255 e. The molecule has 4 aromatic carbocycles. The fourth-order valence-corrected chi connectivity index (χ4v) is 5.86. The van der Waals surface area contributed by atoms with Crippen LogP contribution in [-0.4, -0.2) is 46.8 Å². The maximum atomic E-state index is 14.6. The van der Waals surface area contributed by atoms with E-state index < -0.39 is 33.4 Å². The van der Waals surface area contributed by atoms with Gasteiger partial charge in [0.15, 0.2) is 0 Å². The van der Waals surface area contributed by atoms with E-state index in [9.17, 15) is 26.4 Å². The lowest BCUT2D eigenvalue weighted by atomic mass is 9.96. The highest BCUT2D eigenvalue weighted by molar-refractivity contribution is 7.92. The molecule has 0 unspecified atom stereocenters. The highest BCUT2D eigenvalue weighted by Crippen LogP contribution is 2.43. The Labute approximate surface area is 256 Å². The third-order valence-electron chi connectivity index (χ3n) is 7.66. The lowest BCUT2D eigenvalue weighted by molar-refractivity contribution is 0.0964. The number of aromatic nitrogens is 1. The Hall–Kier alpha value is -5.23. The van der Waals surface area contributed by atoms with Gasteiger partial charge in [0.1, 0.15) is 34.5 Å². The van der Waals surface area contributed by atoms with Crippen molar-refractivity contribution in [2.24, 2.45) is 0 Å². The molecule has 2 heterocycles.